The molecule has 178 valence electrons. The molecule has 0 aliphatic carbocycles. The Morgan fingerprint density at radius 1 is 0.857 bits per heavy atom. The van der Waals surface area contributed by atoms with E-state index in [-0.39, 0.29) is 5.69 Å². The fourth-order valence-corrected chi connectivity index (χ4v) is 4.52. The van der Waals surface area contributed by atoms with E-state index in [1.807, 2.05) is 60.7 Å². The Bertz CT molecular complexity index is 1290. The first-order valence-corrected chi connectivity index (χ1v) is 11.9. The number of carbonyl (C=O) groups excluding carboxylic acids is 1. The number of ether oxygens (including phenoxy) is 2. The summed E-state index contributed by atoms with van der Waals surface area (Å²) in [5.74, 6) is 0.204. The summed E-state index contributed by atoms with van der Waals surface area (Å²) < 4.78 is 11.2. The molecule has 5 rings (SSSR count). The van der Waals surface area contributed by atoms with E-state index in [0.29, 0.717) is 17.9 Å². The summed E-state index contributed by atoms with van der Waals surface area (Å²) in [4.78, 5) is 21.9. The number of pyridine rings is 1. The van der Waals surface area contributed by atoms with Gasteiger partial charge in [0.2, 0.25) is 0 Å². The molecule has 1 aliphatic heterocycles. The highest BCUT2D eigenvalue weighted by atomic mass is 16.5. The maximum atomic E-state index is 12.5. The summed E-state index contributed by atoms with van der Waals surface area (Å²) in [5.41, 5.74) is 4.34. The smallest absolute Gasteiger partial charge is 0.356 e. The van der Waals surface area contributed by atoms with Crippen LogP contribution in [0.5, 0.6) is 5.75 Å². The van der Waals surface area contributed by atoms with Gasteiger partial charge in [0.15, 0.2) is 5.69 Å². The second-order valence-corrected chi connectivity index (χ2v) is 8.69. The Morgan fingerprint density at radius 3 is 2.23 bits per heavy atom. The predicted molar refractivity (Wildman–Crippen MR) is 138 cm³/mol. The van der Waals surface area contributed by atoms with Crippen molar-refractivity contribution in [3.8, 4) is 5.75 Å². The minimum absolute atomic E-state index is 0.289. The summed E-state index contributed by atoms with van der Waals surface area (Å²) in [5, 5.41) is 0.972. The van der Waals surface area contributed by atoms with Crippen LogP contribution >= 0.6 is 0 Å². The van der Waals surface area contributed by atoms with Crippen molar-refractivity contribution in [2.45, 2.75) is 13.2 Å². The number of esters is 1. The summed E-state index contributed by atoms with van der Waals surface area (Å²) in [6.07, 6.45) is 0. The molecule has 2 heterocycles. The SMILES string of the molecule is COC(=O)c1cc(N2CCN(Cc3ccccc3)CC2)c2cccc(OCc3ccccc3)c2n1. The number of methoxy groups -OCH3 is 1. The van der Waals surface area contributed by atoms with E-state index in [2.05, 4.69) is 39.0 Å². The molecule has 1 aliphatic rings. The van der Waals surface area contributed by atoms with Gasteiger partial charge in [0.05, 0.1) is 7.11 Å². The number of benzene rings is 3. The first-order valence-electron chi connectivity index (χ1n) is 11.9. The van der Waals surface area contributed by atoms with Crippen LogP contribution < -0.4 is 9.64 Å². The van der Waals surface area contributed by atoms with Gasteiger partial charge in [-0.3, -0.25) is 4.90 Å². The van der Waals surface area contributed by atoms with E-state index in [1.54, 1.807) is 0 Å². The van der Waals surface area contributed by atoms with E-state index in [0.717, 1.165) is 49.4 Å². The number of piperazine rings is 1. The molecule has 0 saturated carbocycles. The third-order valence-corrected chi connectivity index (χ3v) is 6.37. The maximum Gasteiger partial charge on any atom is 0.356 e. The third-order valence-electron chi connectivity index (χ3n) is 6.37. The van der Waals surface area contributed by atoms with Crippen LogP contribution in [0.2, 0.25) is 0 Å². The molecule has 35 heavy (non-hydrogen) atoms. The van der Waals surface area contributed by atoms with Gasteiger partial charge in [-0.1, -0.05) is 72.8 Å². The van der Waals surface area contributed by atoms with Crippen LogP contribution in [0, 0.1) is 0 Å². The molecule has 0 spiro atoms. The van der Waals surface area contributed by atoms with Gasteiger partial charge in [0, 0.05) is 43.8 Å². The fraction of sp³-hybridized carbons (Fsp3) is 0.241. The predicted octanol–water partition coefficient (Wildman–Crippen LogP) is 4.92. The molecular formula is C29H29N3O3. The second kappa shape index (κ2) is 10.6. The highest BCUT2D eigenvalue weighted by Gasteiger charge is 2.22. The van der Waals surface area contributed by atoms with Crippen molar-refractivity contribution in [1.82, 2.24) is 9.88 Å². The lowest BCUT2D eigenvalue weighted by Gasteiger charge is -2.36. The van der Waals surface area contributed by atoms with Gasteiger partial charge in [-0.15, -0.1) is 0 Å². The standard InChI is InChI=1S/C29H29N3O3/c1-34-29(33)25-19-26(32-17-15-31(16-18-32)20-22-9-4-2-5-10-22)24-13-8-14-27(28(24)30-25)35-21-23-11-6-3-7-12-23/h2-14,19H,15-18,20-21H2,1H3. The zero-order valence-electron chi connectivity index (χ0n) is 19.9. The third kappa shape index (κ3) is 5.28. The highest BCUT2D eigenvalue weighted by molar-refractivity contribution is 6.00. The summed E-state index contributed by atoms with van der Waals surface area (Å²) in [7, 11) is 1.38. The number of para-hydroxylation sites is 1. The van der Waals surface area contributed by atoms with Crippen LogP contribution in [0.1, 0.15) is 21.6 Å². The molecule has 6 heteroatoms. The van der Waals surface area contributed by atoms with E-state index in [9.17, 15) is 4.79 Å². The van der Waals surface area contributed by atoms with Crippen LogP contribution in [0.3, 0.4) is 0 Å². The maximum absolute atomic E-state index is 12.5. The molecule has 0 unspecified atom stereocenters. The van der Waals surface area contributed by atoms with E-state index >= 15 is 0 Å². The lowest BCUT2D eigenvalue weighted by molar-refractivity contribution is 0.0594. The number of hydrogen-bond donors (Lipinski definition) is 0. The molecule has 1 aromatic heterocycles. The second-order valence-electron chi connectivity index (χ2n) is 8.69. The fourth-order valence-electron chi connectivity index (χ4n) is 4.52. The van der Waals surface area contributed by atoms with Gasteiger partial charge in [0.25, 0.3) is 0 Å². The summed E-state index contributed by atoms with van der Waals surface area (Å²) >= 11 is 0. The van der Waals surface area contributed by atoms with Gasteiger partial charge < -0.3 is 14.4 Å². The quantitative estimate of drug-likeness (QED) is 0.360. The number of rotatable bonds is 7. The Balaban J connectivity index is 1.41. The summed E-state index contributed by atoms with van der Waals surface area (Å²) in [6.45, 7) is 4.98. The van der Waals surface area contributed by atoms with Gasteiger partial charge >= 0.3 is 5.97 Å². The number of nitrogens with zero attached hydrogens (tertiary/aromatic N) is 3. The van der Waals surface area contributed by atoms with Gasteiger partial charge in [-0.2, -0.15) is 0 Å². The molecule has 0 radical (unpaired) electrons. The molecule has 0 N–H and O–H groups in total. The average molecular weight is 468 g/mol. The lowest BCUT2D eigenvalue weighted by Crippen LogP contribution is -2.46. The number of carbonyl (C=O) groups is 1. The lowest BCUT2D eigenvalue weighted by atomic mass is 10.1. The number of anilines is 1. The topological polar surface area (TPSA) is 54.9 Å². The normalized spacial score (nSPS) is 14.1. The van der Waals surface area contributed by atoms with Crippen molar-refractivity contribution in [2.24, 2.45) is 0 Å². The molecule has 0 bridgehead atoms. The first-order chi connectivity index (χ1) is 17.2. The molecule has 6 nitrogen and oxygen atoms in total. The Kier molecular flexibility index (Phi) is 6.91. The average Bonchev–Trinajstić information content (AvgIpc) is 2.92. The largest absolute Gasteiger partial charge is 0.487 e. The van der Waals surface area contributed by atoms with Crippen LogP contribution in [-0.4, -0.2) is 49.1 Å². The summed E-state index contributed by atoms with van der Waals surface area (Å²) in [6, 6.07) is 28.4. The van der Waals surface area contributed by atoms with Gasteiger partial charge in [-0.25, -0.2) is 9.78 Å². The van der Waals surface area contributed by atoms with Crippen molar-refractivity contribution in [3.63, 3.8) is 0 Å². The van der Waals surface area contributed by atoms with Gasteiger partial charge in [0.1, 0.15) is 17.9 Å². The van der Waals surface area contributed by atoms with Crippen LogP contribution in [0.25, 0.3) is 10.9 Å². The zero-order valence-corrected chi connectivity index (χ0v) is 19.9. The Labute approximate surface area is 205 Å². The van der Waals surface area contributed by atoms with E-state index in [4.69, 9.17) is 9.47 Å². The van der Waals surface area contributed by atoms with Gasteiger partial charge in [-0.05, 0) is 23.3 Å². The van der Waals surface area contributed by atoms with Crippen molar-refractivity contribution >= 4 is 22.6 Å². The van der Waals surface area contributed by atoms with Crippen molar-refractivity contribution < 1.29 is 14.3 Å². The van der Waals surface area contributed by atoms with E-state index < -0.39 is 5.97 Å². The number of hydrogen-bond acceptors (Lipinski definition) is 6. The number of fused-ring (bicyclic) bond motifs is 1. The molecule has 3 aromatic carbocycles. The molecule has 0 amide bonds. The molecule has 1 saturated heterocycles. The van der Waals surface area contributed by atoms with Crippen molar-refractivity contribution in [1.29, 1.82) is 0 Å². The minimum atomic E-state index is -0.450. The zero-order chi connectivity index (χ0) is 24.0. The first kappa shape index (κ1) is 22.9. The van der Waals surface area contributed by atoms with E-state index in [1.165, 1.54) is 12.7 Å². The number of aromatic nitrogens is 1. The van der Waals surface area contributed by atoms with Crippen LogP contribution in [0.4, 0.5) is 5.69 Å². The molecule has 1 fully saturated rings. The molecular weight excluding hydrogens is 438 g/mol. The molecule has 0 atom stereocenters. The monoisotopic (exact) mass is 467 g/mol. The Hall–Kier alpha value is -3.90. The van der Waals surface area contributed by atoms with Crippen molar-refractivity contribution in [3.05, 3.63) is 102 Å². The highest BCUT2D eigenvalue weighted by Crippen LogP contribution is 2.33. The Morgan fingerprint density at radius 2 is 1.54 bits per heavy atom. The molecule has 4 aromatic rings. The van der Waals surface area contributed by atoms with Crippen LogP contribution in [-0.2, 0) is 17.9 Å². The minimum Gasteiger partial charge on any atom is -0.487 e. The van der Waals surface area contributed by atoms with Crippen LogP contribution in [0.15, 0.2) is 84.9 Å². The van der Waals surface area contributed by atoms with Crippen molar-refractivity contribution in [2.75, 3.05) is 38.2 Å².